The maximum Gasteiger partial charge on any atom is 0.196 e. The maximum atomic E-state index is 5.60. The summed E-state index contributed by atoms with van der Waals surface area (Å²) in [6, 6.07) is 1.93. The molecule has 0 amide bonds. The van der Waals surface area contributed by atoms with Gasteiger partial charge in [0.05, 0.1) is 18.2 Å². The van der Waals surface area contributed by atoms with Gasteiger partial charge in [0.1, 0.15) is 5.75 Å². The Balaban J connectivity index is 2.21. The summed E-state index contributed by atoms with van der Waals surface area (Å²) in [5.74, 6) is 2.80. The smallest absolute Gasteiger partial charge is 0.196 e. The molecule has 5 heteroatoms. The third-order valence-corrected chi connectivity index (χ3v) is 3.03. The Bertz CT molecular complexity index is 438. The molecule has 2 aromatic rings. The summed E-state index contributed by atoms with van der Waals surface area (Å²) in [5.41, 5.74) is 0. The molecule has 15 heavy (non-hydrogen) atoms. The summed E-state index contributed by atoms with van der Waals surface area (Å²) in [6.07, 6.45) is 2.37. The monoisotopic (exact) mass is 243 g/mol. The van der Waals surface area contributed by atoms with Crippen molar-refractivity contribution in [1.82, 2.24) is 4.98 Å². The van der Waals surface area contributed by atoms with Crippen LogP contribution in [0, 0.1) is 0 Å². The van der Waals surface area contributed by atoms with Crippen LogP contribution in [0.3, 0.4) is 0 Å². The van der Waals surface area contributed by atoms with E-state index < -0.39 is 0 Å². The lowest BCUT2D eigenvalue weighted by molar-refractivity contribution is 0.416. The van der Waals surface area contributed by atoms with Crippen LogP contribution in [0.2, 0.25) is 0 Å². The first-order valence-corrected chi connectivity index (χ1v) is 5.88. The molecule has 2 aromatic heterocycles. The maximum absolute atomic E-state index is 5.60. The molecule has 0 spiro atoms. The first-order valence-electron chi connectivity index (χ1n) is 4.47. The standard InChI is InChI=1S/C10H10ClNO2S/c1-13-7-4-9(15-6-7)8-5-12-10(14-8)2-3-11/h4-6H,2-3H2,1H3. The highest BCUT2D eigenvalue weighted by atomic mass is 35.5. The second-order valence-electron chi connectivity index (χ2n) is 2.91. The highest BCUT2D eigenvalue weighted by Gasteiger charge is 2.08. The van der Waals surface area contributed by atoms with Crippen LogP contribution in [0.5, 0.6) is 5.75 Å². The van der Waals surface area contributed by atoms with Crippen molar-refractivity contribution < 1.29 is 9.15 Å². The number of halogens is 1. The fourth-order valence-electron chi connectivity index (χ4n) is 1.18. The molecule has 80 valence electrons. The van der Waals surface area contributed by atoms with Gasteiger partial charge in [-0.3, -0.25) is 0 Å². The van der Waals surface area contributed by atoms with E-state index in [-0.39, 0.29) is 0 Å². The third-order valence-electron chi connectivity index (χ3n) is 1.92. The molecule has 0 aliphatic carbocycles. The van der Waals surface area contributed by atoms with Gasteiger partial charge in [-0.15, -0.1) is 22.9 Å². The molecule has 0 fully saturated rings. The molecule has 2 rings (SSSR count). The molecule has 0 unspecified atom stereocenters. The van der Waals surface area contributed by atoms with Crippen LogP contribution in [-0.2, 0) is 6.42 Å². The van der Waals surface area contributed by atoms with E-state index in [4.69, 9.17) is 20.8 Å². The van der Waals surface area contributed by atoms with Crippen molar-refractivity contribution in [2.24, 2.45) is 0 Å². The third kappa shape index (κ3) is 2.33. The predicted molar refractivity (Wildman–Crippen MR) is 60.8 cm³/mol. The number of ether oxygens (including phenoxy) is 1. The van der Waals surface area contributed by atoms with Crippen molar-refractivity contribution in [1.29, 1.82) is 0 Å². The largest absolute Gasteiger partial charge is 0.496 e. The van der Waals surface area contributed by atoms with Gasteiger partial charge >= 0.3 is 0 Å². The lowest BCUT2D eigenvalue weighted by Gasteiger charge is -1.90. The van der Waals surface area contributed by atoms with E-state index in [9.17, 15) is 0 Å². The van der Waals surface area contributed by atoms with E-state index >= 15 is 0 Å². The Morgan fingerprint density at radius 2 is 2.47 bits per heavy atom. The summed E-state index contributed by atoms with van der Waals surface area (Å²) in [5, 5.41) is 1.93. The molecule has 2 heterocycles. The molecule has 0 aliphatic heterocycles. The highest BCUT2D eigenvalue weighted by Crippen LogP contribution is 2.31. The average molecular weight is 244 g/mol. The Hall–Kier alpha value is -1.00. The average Bonchev–Trinajstić information content (AvgIpc) is 2.85. The Labute approximate surface area is 96.7 Å². The molecule has 0 N–H and O–H groups in total. The zero-order valence-electron chi connectivity index (χ0n) is 8.20. The molecular weight excluding hydrogens is 234 g/mol. The zero-order valence-corrected chi connectivity index (χ0v) is 9.77. The number of alkyl halides is 1. The van der Waals surface area contributed by atoms with Crippen molar-refractivity contribution in [2.45, 2.75) is 6.42 Å². The minimum Gasteiger partial charge on any atom is -0.496 e. The molecule has 0 bridgehead atoms. The Morgan fingerprint density at radius 3 is 3.13 bits per heavy atom. The van der Waals surface area contributed by atoms with Gasteiger partial charge in [-0.1, -0.05) is 0 Å². The number of aromatic nitrogens is 1. The molecule has 3 nitrogen and oxygen atoms in total. The van der Waals surface area contributed by atoms with Crippen molar-refractivity contribution in [2.75, 3.05) is 13.0 Å². The Kier molecular flexibility index (Phi) is 3.28. The van der Waals surface area contributed by atoms with E-state index in [0.29, 0.717) is 18.2 Å². The normalized spacial score (nSPS) is 10.5. The summed E-state index contributed by atoms with van der Waals surface area (Å²) in [4.78, 5) is 5.15. The number of aryl methyl sites for hydroxylation is 1. The van der Waals surface area contributed by atoms with Crippen LogP contribution < -0.4 is 4.74 Å². The summed E-state index contributed by atoms with van der Waals surface area (Å²) >= 11 is 7.17. The lowest BCUT2D eigenvalue weighted by atomic mass is 10.4. The summed E-state index contributed by atoms with van der Waals surface area (Å²) < 4.78 is 10.6. The van der Waals surface area contributed by atoms with Crippen LogP contribution in [0.1, 0.15) is 5.89 Å². The van der Waals surface area contributed by atoms with Crippen LogP contribution >= 0.6 is 22.9 Å². The summed E-state index contributed by atoms with van der Waals surface area (Å²) in [6.45, 7) is 0. The molecule has 0 saturated carbocycles. The van der Waals surface area contributed by atoms with Crippen molar-refractivity contribution in [3.63, 3.8) is 0 Å². The fourth-order valence-corrected chi connectivity index (χ4v) is 2.14. The molecule has 0 aromatic carbocycles. The van der Waals surface area contributed by atoms with Crippen LogP contribution in [0.15, 0.2) is 22.1 Å². The fraction of sp³-hybridized carbons (Fsp3) is 0.300. The number of rotatable bonds is 4. The van der Waals surface area contributed by atoms with E-state index in [1.54, 1.807) is 24.6 Å². The zero-order chi connectivity index (χ0) is 10.7. The molecule has 0 atom stereocenters. The SMILES string of the molecule is COc1csc(-c2cnc(CCCl)o2)c1. The van der Waals surface area contributed by atoms with Gasteiger partial charge in [0.15, 0.2) is 11.7 Å². The minimum atomic E-state index is 0.522. The summed E-state index contributed by atoms with van der Waals surface area (Å²) in [7, 11) is 1.64. The number of hydrogen-bond acceptors (Lipinski definition) is 4. The molecule has 0 radical (unpaired) electrons. The van der Waals surface area contributed by atoms with Gasteiger partial charge in [0.2, 0.25) is 0 Å². The van der Waals surface area contributed by atoms with E-state index in [1.165, 1.54) is 0 Å². The number of oxazole rings is 1. The van der Waals surface area contributed by atoms with Gasteiger partial charge in [-0.2, -0.15) is 0 Å². The van der Waals surface area contributed by atoms with Crippen LogP contribution in [0.25, 0.3) is 10.6 Å². The van der Waals surface area contributed by atoms with Gasteiger partial charge < -0.3 is 9.15 Å². The van der Waals surface area contributed by atoms with Gasteiger partial charge in [-0.25, -0.2) is 4.98 Å². The van der Waals surface area contributed by atoms with Crippen LogP contribution in [0.4, 0.5) is 0 Å². The number of hydrogen-bond donors (Lipinski definition) is 0. The number of methoxy groups -OCH3 is 1. The topological polar surface area (TPSA) is 35.3 Å². The molecule has 0 aliphatic rings. The lowest BCUT2D eigenvalue weighted by Crippen LogP contribution is -1.83. The first kappa shape index (κ1) is 10.5. The highest BCUT2D eigenvalue weighted by molar-refractivity contribution is 7.13. The first-order chi connectivity index (χ1) is 7.33. The predicted octanol–water partition coefficient (Wildman–Crippen LogP) is 3.19. The van der Waals surface area contributed by atoms with E-state index in [2.05, 4.69) is 4.98 Å². The minimum absolute atomic E-state index is 0.522. The van der Waals surface area contributed by atoms with E-state index in [1.807, 2.05) is 11.4 Å². The second-order valence-corrected chi connectivity index (χ2v) is 4.20. The molecular formula is C10H10ClNO2S. The van der Waals surface area contributed by atoms with E-state index in [0.717, 1.165) is 16.4 Å². The molecule has 0 saturated heterocycles. The van der Waals surface area contributed by atoms with Gasteiger partial charge in [-0.05, 0) is 0 Å². The van der Waals surface area contributed by atoms with Gasteiger partial charge in [0, 0.05) is 23.7 Å². The Morgan fingerprint density at radius 1 is 1.60 bits per heavy atom. The van der Waals surface area contributed by atoms with Gasteiger partial charge in [0.25, 0.3) is 0 Å². The number of thiophene rings is 1. The van der Waals surface area contributed by atoms with Crippen molar-refractivity contribution in [3.8, 4) is 16.4 Å². The van der Waals surface area contributed by atoms with Crippen molar-refractivity contribution in [3.05, 3.63) is 23.5 Å². The quantitative estimate of drug-likeness (QED) is 0.774. The van der Waals surface area contributed by atoms with Crippen molar-refractivity contribution >= 4 is 22.9 Å². The van der Waals surface area contributed by atoms with Crippen LogP contribution in [-0.4, -0.2) is 18.0 Å². The second kappa shape index (κ2) is 4.68. The number of nitrogens with zero attached hydrogens (tertiary/aromatic N) is 1.